The molecule has 0 radical (unpaired) electrons. The van der Waals surface area contributed by atoms with Crippen LogP contribution in [0.5, 0.6) is 0 Å². The molecule has 1 aromatic carbocycles. The summed E-state index contributed by atoms with van der Waals surface area (Å²) in [5, 5.41) is 0. The number of ether oxygens (including phenoxy) is 1. The molecule has 0 N–H and O–H groups in total. The summed E-state index contributed by atoms with van der Waals surface area (Å²) < 4.78 is 16.7. The fraction of sp³-hybridized carbons (Fsp3) is 0.111. The van der Waals surface area contributed by atoms with Crippen LogP contribution in [0, 0.1) is 5.82 Å². The van der Waals surface area contributed by atoms with Crippen LogP contribution in [0.1, 0.15) is 0 Å². The van der Waals surface area contributed by atoms with Gasteiger partial charge in [0.2, 0.25) is 0 Å². The summed E-state index contributed by atoms with van der Waals surface area (Å²) in [7, 11) is 1.26. The normalized spacial score (nSPS) is 10.3. The van der Waals surface area contributed by atoms with E-state index < -0.39 is 5.97 Å². The van der Waals surface area contributed by atoms with Crippen molar-refractivity contribution in [3.63, 3.8) is 0 Å². The van der Waals surface area contributed by atoms with Crippen LogP contribution in [-0.2, 0) is 9.53 Å². The van der Waals surface area contributed by atoms with Gasteiger partial charge in [-0.15, -0.1) is 0 Å². The summed E-state index contributed by atoms with van der Waals surface area (Å²) in [6, 6.07) is 5.47. The van der Waals surface area contributed by atoms with E-state index in [9.17, 15) is 9.18 Å². The molecule has 0 fully saturated rings. The van der Waals surface area contributed by atoms with E-state index in [1.54, 1.807) is 0 Å². The van der Waals surface area contributed by atoms with Crippen LogP contribution in [-0.4, -0.2) is 19.3 Å². The summed E-state index contributed by atoms with van der Waals surface area (Å²) in [6.07, 6.45) is 1.03. The first-order valence-electron chi connectivity index (χ1n) is 3.60. The highest BCUT2D eigenvalue weighted by atomic mass is 19.1. The molecule has 13 heavy (non-hydrogen) atoms. The largest absolute Gasteiger partial charge is 0.465 e. The Hall–Kier alpha value is -1.71. The highest BCUT2D eigenvalue weighted by Crippen LogP contribution is 2.10. The summed E-state index contributed by atoms with van der Waals surface area (Å²) in [6.45, 7) is 0. The summed E-state index contributed by atoms with van der Waals surface area (Å²) in [4.78, 5) is 14.4. The van der Waals surface area contributed by atoms with E-state index >= 15 is 0 Å². The van der Waals surface area contributed by atoms with E-state index in [1.807, 2.05) is 0 Å². The third kappa shape index (κ3) is 3.02. The molecule has 0 saturated carbocycles. The number of carbonyl (C=O) groups is 1. The average molecular weight is 181 g/mol. The number of methoxy groups -OCH3 is 1. The van der Waals surface area contributed by atoms with E-state index in [0.29, 0.717) is 5.69 Å². The van der Waals surface area contributed by atoms with Gasteiger partial charge in [-0.1, -0.05) is 0 Å². The molecule has 1 aromatic rings. The molecule has 4 heteroatoms. The zero-order chi connectivity index (χ0) is 9.68. The van der Waals surface area contributed by atoms with Crippen LogP contribution in [0.2, 0.25) is 0 Å². The molecule has 0 aliphatic carbocycles. The third-order valence-electron chi connectivity index (χ3n) is 1.35. The van der Waals surface area contributed by atoms with Gasteiger partial charge in [0.1, 0.15) is 12.0 Å². The van der Waals surface area contributed by atoms with Gasteiger partial charge in [-0.25, -0.2) is 14.2 Å². The predicted octanol–water partition coefficient (Wildman–Crippen LogP) is 1.70. The summed E-state index contributed by atoms with van der Waals surface area (Å²) in [5.41, 5.74) is 0.506. The molecule has 0 aliphatic rings. The number of carbonyl (C=O) groups excluding carboxylic acids is 1. The van der Waals surface area contributed by atoms with Crippen LogP contribution < -0.4 is 0 Å². The first kappa shape index (κ1) is 9.38. The first-order chi connectivity index (χ1) is 6.22. The Morgan fingerprint density at radius 2 is 2.08 bits per heavy atom. The minimum Gasteiger partial charge on any atom is -0.465 e. The van der Waals surface area contributed by atoms with Crippen molar-refractivity contribution in [2.45, 2.75) is 0 Å². The maximum absolute atomic E-state index is 12.4. The highest BCUT2D eigenvalue weighted by molar-refractivity contribution is 6.23. The maximum atomic E-state index is 12.4. The van der Waals surface area contributed by atoms with Crippen LogP contribution in [0.15, 0.2) is 29.3 Å². The van der Waals surface area contributed by atoms with Crippen molar-refractivity contribution in [1.82, 2.24) is 0 Å². The molecular formula is C9H8FNO2. The monoisotopic (exact) mass is 181 g/mol. The van der Waals surface area contributed by atoms with Crippen LogP contribution in [0.4, 0.5) is 10.1 Å². The Balaban J connectivity index is 2.69. The van der Waals surface area contributed by atoms with Gasteiger partial charge >= 0.3 is 5.97 Å². The molecule has 0 aromatic heterocycles. The Morgan fingerprint density at radius 3 is 2.62 bits per heavy atom. The minimum atomic E-state index is -0.538. The zero-order valence-electron chi connectivity index (χ0n) is 7.03. The van der Waals surface area contributed by atoms with Gasteiger partial charge in [-0.05, 0) is 24.3 Å². The molecule has 3 nitrogen and oxygen atoms in total. The number of rotatable bonds is 2. The van der Waals surface area contributed by atoms with Gasteiger partial charge in [0, 0.05) is 0 Å². The van der Waals surface area contributed by atoms with Crippen LogP contribution in [0.25, 0.3) is 0 Å². The van der Waals surface area contributed by atoms with Crippen molar-refractivity contribution in [1.29, 1.82) is 0 Å². The summed E-state index contributed by atoms with van der Waals surface area (Å²) in [5.74, 6) is -0.874. The van der Waals surface area contributed by atoms with Crippen molar-refractivity contribution < 1.29 is 13.9 Å². The maximum Gasteiger partial charge on any atom is 0.349 e. The fourth-order valence-corrected chi connectivity index (χ4v) is 0.707. The van der Waals surface area contributed by atoms with Gasteiger partial charge in [-0.3, -0.25) is 0 Å². The SMILES string of the molecule is COC(=O)C=Nc1ccc(F)cc1. The second-order valence-corrected chi connectivity index (χ2v) is 2.26. The molecule has 1 rings (SSSR count). The summed E-state index contributed by atoms with van der Waals surface area (Å²) >= 11 is 0. The number of esters is 1. The number of halogens is 1. The second kappa shape index (κ2) is 4.35. The Bertz CT molecular complexity index is 319. The van der Waals surface area contributed by atoms with E-state index in [1.165, 1.54) is 31.4 Å². The van der Waals surface area contributed by atoms with Gasteiger partial charge in [0.25, 0.3) is 0 Å². The van der Waals surface area contributed by atoms with Gasteiger partial charge in [-0.2, -0.15) is 0 Å². The third-order valence-corrected chi connectivity index (χ3v) is 1.35. The van der Waals surface area contributed by atoms with Gasteiger partial charge < -0.3 is 4.74 Å². The lowest BCUT2D eigenvalue weighted by Crippen LogP contribution is -1.99. The molecule has 0 spiro atoms. The lowest BCUT2D eigenvalue weighted by molar-refractivity contribution is -0.132. The zero-order valence-corrected chi connectivity index (χ0v) is 7.03. The Kier molecular flexibility index (Phi) is 3.14. The first-order valence-corrected chi connectivity index (χ1v) is 3.60. The van der Waals surface area contributed by atoms with E-state index in [2.05, 4.69) is 9.73 Å². The minimum absolute atomic E-state index is 0.336. The number of hydrogen-bond donors (Lipinski definition) is 0. The fourth-order valence-electron chi connectivity index (χ4n) is 0.707. The molecule has 0 saturated heterocycles. The van der Waals surface area contributed by atoms with Crippen LogP contribution in [0.3, 0.4) is 0 Å². The van der Waals surface area contributed by atoms with Crippen molar-refractivity contribution in [3.05, 3.63) is 30.1 Å². The second-order valence-electron chi connectivity index (χ2n) is 2.26. The van der Waals surface area contributed by atoms with E-state index in [-0.39, 0.29) is 5.82 Å². The van der Waals surface area contributed by atoms with Gasteiger partial charge in [0.15, 0.2) is 0 Å². The molecular weight excluding hydrogens is 173 g/mol. The van der Waals surface area contributed by atoms with Gasteiger partial charge in [0.05, 0.1) is 12.8 Å². The molecule has 0 bridgehead atoms. The molecule has 0 unspecified atom stereocenters. The molecule has 0 atom stereocenters. The van der Waals surface area contributed by atoms with Crippen molar-refractivity contribution in [2.75, 3.05) is 7.11 Å². The Labute approximate surface area is 74.9 Å². The molecule has 0 amide bonds. The van der Waals surface area contributed by atoms with E-state index in [4.69, 9.17) is 0 Å². The number of benzene rings is 1. The highest BCUT2D eigenvalue weighted by Gasteiger charge is 1.93. The average Bonchev–Trinajstić information content (AvgIpc) is 2.16. The number of hydrogen-bond acceptors (Lipinski definition) is 3. The lowest BCUT2D eigenvalue weighted by atomic mass is 10.3. The van der Waals surface area contributed by atoms with Crippen molar-refractivity contribution >= 4 is 17.9 Å². The van der Waals surface area contributed by atoms with Crippen molar-refractivity contribution in [2.24, 2.45) is 4.99 Å². The predicted molar refractivity (Wildman–Crippen MR) is 46.6 cm³/mol. The molecule has 68 valence electrons. The molecule has 0 aliphatic heterocycles. The number of nitrogens with zero attached hydrogens (tertiary/aromatic N) is 1. The molecule has 0 heterocycles. The number of aliphatic imine (C=N–C) groups is 1. The topological polar surface area (TPSA) is 38.7 Å². The van der Waals surface area contributed by atoms with Crippen LogP contribution >= 0.6 is 0 Å². The standard InChI is InChI=1S/C9H8FNO2/c1-13-9(12)6-11-8-4-2-7(10)3-5-8/h2-6H,1H3. The van der Waals surface area contributed by atoms with Crippen molar-refractivity contribution in [3.8, 4) is 0 Å². The quantitative estimate of drug-likeness (QED) is 0.514. The van der Waals surface area contributed by atoms with E-state index in [0.717, 1.165) is 6.21 Å². The Morgan fingerprint density at radius 1 is 1.46 bits per heavy atom. The lowest BCUT2D eigenvalue weighted by Gasteiger charge is -1.92. The smallest absolute Gasteiger partial charge is 0.349 e.